The number of anilines is 1. The quantitative estimate of drug-likeness (QED) is 0.658. The van der Waals surface area contributed by atoms with Gasteiger partial charge in [0.15, 0.2) is 0 Å². The van der Waals surface area contributed by atoms with E-state index in [2.05, 4.69) is 15.6 Å². The van der Waals surface area contributed by atoms with E-state index in [-0.39, 0.29) is 24.3 Å². The van der Waals surface area contributed by atoms with Gasteiger partial charge in [-0.1, -0.05) is 0 Å². The van der Waals surface area contributed by atoms with Crippen molar-refractivity contribution in [2.24, 2.45) is 0 Å². The lowest BCUT2D eigenvalue weighted by molar-refractivity contribution is 0.245. The van der Waals surface area contributed by atoms with Crippen LogP contribution in [-0.2, 0) is 0 Å². The number of benzene rings is 1. The van der Waals surface area contributed by atoms with Crippen LogP contribution >= 0.6 is 0 Å². The van der Waals surface area contributed by atoms with E-state index >= 15 is 0 Å². The maximum atomic E-state index is 12.2. The zero-order chi connectivity index (χ0) is 14.5. The molecule has 20 heavy (non-hydrogen) atoms. The second-order valence-corrected chi connectivity index (χ2v) is 4.05. The molecule has 1 aromatic carbocycles. The molecule has 4 N–H and O–H groups in total. The van der Waals surface area contributed by atoms with Crippen molar-refractivity contribution in [2.45, 2.75) is 0 Å². The summed E-state index contributed by atoms with van der Waals surface area (Å²) in [5, 5.41) is 13.9. The minimum absolute atomic E-state index is 0.120. The number of carbonyl (C=O) groups excluding carboxylic acids is 1. The van der Waals surface area contributed by atoms with Crippen LogP contribution in [-0.4, -0.2) is 36.4 Å². The van der Waals surface area contributed by atoms with Gasteiger partial charge in [-0.25, -0.2) is 4.79 Å². The van der Waals surface area contributed by atoms with Gasteiger partial charge in [0.2, 0.25) is 5.43 Å². The molecule has 2 aromatic rings. The number of amides is 2. The third-order valence-corrected chi connectivity index (χ3v) is 2.73. The van der Waals surface area contributed by atoms with Crippen LogP contribution in [0.15, 0.2) is 29.2 Å². The predicted molar refractivity (Wildman–Crippen MR) is 75.2 cm³/mol. The zero-order valence-corrected chi connectivity index (χ0v) is 10.9. The molecule has 0 aliphatic heterocycles. The Balaban J connectivity index is 2.30. The molecule has 0 saturated carbocycles. The van der Waals surface area contributed by atoms with Crippen molar-refractivity contribution in [3.05, 3.63) is 34.6 Å². The lowest BCUT2D eigenvalue weighted by atomic mass is 10.2. The first-order valence-corrected chi connectivity index (χ1v) is 6.01. The number of urea groups is 1. The fourth-order valence-electron chi connectivity index (χ4n) is 1.76. The number of aliphatic hydroxyl groups excluding tert-OH is 1. The van der Waals surface area contributed by atoms with Gasteiger partial charge < -0.3 is 25.5 Å². The molecule has 0 saturated heterocycles. The van der Waals surface area contributed by atoms with E-state index < -0.39 is 6.03 Å². The summed E-state index contributed by atoms with van der Waals surface area (Å²) in [5.41, 5.74) is 0.467. The van der Waals surface area contributed by atoms with Crippen LogP contribution in [0.3, 0.4) is 0 Å². The van der Waals surface area contributed by atoms with Gasteiger partial charge in [0.05, 0.1) is 19.2 Å². The first kappa shape index (κ1) is 13.9. The average Bonchev–Trinajstić information content (AvgIpc) is 2.47. The van der Waals surface area contributed by atoms with E-state index in [0.717, 1.165) is 0 Å². The molecule has 0 aliphatic rings. The van der Waals surface area contributed by atoms with Crippen molar-refractivity contribution in [2.75, 3.05) is 25.6 Å². The number of hydrogen-bond acceptors (Lipinski definition) is 4. The van der Waals surface area contributed by atoms with Gasteiger partial charge in [-0.3, -0.25) is 4.79 Å². The molecule has 106 valence electrons. The summed E-state index contributed by atoms with van der Waals surface area (Å²) in [6.45, 7) is -0.0458. The van der Waals surface area contributed by atoms with Gasteiger partial charge in [-0.05, 0) is 12.1 Å². The van der Waals surface area contributed by atoms with E-state index in [1.165, 1.54) is 6.20 Å². The van der Waals surface area contributed by atoms with Crippen molar-refractivity contribution >= 4 is 22.6 Å². The Hall–Kier alpha value is -2.54. The number of rotatable bonds is 4. The van der Waals surface area contributed by atoms with Gasteiger partial charge in [-0.2, -0.15) is 0 Å². The fraction of sp³-hybridized carbons (Fsp3) is 0.231. The Labute approximate surface area is 114 Å². The molecular formula is C13H15N3O4. The third kappa shape index (κ3) is 2.89. The summed E-state index contributed by atoms with van der Waals surface area (Å²) >= 11 is 0. The topological polar surface area (TPSA) is 103 Å². The van der Waals surface area contributed by atoms with E-state index in [4.69, 9.17) is 9.84 Å². The maximum absolute atomic E-state index is 12.2. The highest BCUT2D eigenvalue weighted by atomic mass is 16.5. The minimum Gasteiger partial charge on any atom is -0.497 e. The molecule has 7 nitrogen and oxygen atoms in total. The Morgan fingerprint density at radius 2 is 2.25 bits per heavy atom. The number of ether oxygens (including phenoxy) is 1. The lowest BCUT2D eigenvalue weighted by Crippen LogP contribution is -2.32. The Morgan fingerprint density at radius 1 is 1.45 bits per heavy atom. The lowest BCUT2D eigenvalue weighted by Gasteiger charge is -2.07. The zero-order valence-electron chi connectivity index (χ0n) is 10.9. The molecule has 1 heterocycles. The van der Waals surface area contributed by atoms with E-state index in [9.17, 15) is 9.59 Å². The number of methoxy groups -OCH3 is 1. The monoisotopic (exact) mass is 277 g/mol. The summed E-state index contributed by atoms with van der Waals surface area (Å²) in [6.07, 6.45) is 1.42. The number of aromatic amines is 1. The van der Waals surface area contributed by atoms with Crippen molar-refractivity contribution in [1.29, 1.82) is 0 Å². The van der Waals surface area contributed by atoms with Gasteiger partial charge in [0, 0.05) is 24.2 Å². The molecule has 0 atom stereocenters. The molecule has 0 unspecified atom stereocenters. The van der Waals surface area contributed by atoms with Crippen molar-refractivity contribution in [1.82, 2.24) is 10.3 Å². The summed E-state index contributed by atoms with van der Waals surface area (Å²) in [6, 6.07) is 4.46. The van der Waals surface area contributed by atoms with Crippen LogP contribution in [0.25, 0.3) is 10.9 Å². The molecule has 0 aliphatic carbocycles. The van der Waals surface area contributed by atoms with Crippen LogP contribution in [0.2, 0.25) is 0 Å². The minimum atomic E-state index is -0.544. The molecule has 2 amide bonds. The summed E-state index contributed by atoms with van der Waals surface area (Å²) < 4.78 is 5.08. The second kappa shape index (κ2) is 6.07. The number of carbonyl (C=O) groups is 1. The molecule has 1 aromatic heterocycles. The summed E-state index contributed by atoms with van der Waals surface area (Å²) in [5.74, 6) is 0.634. The van der Waals surface area contributed by atoms with Gasteiger partial charge in [-0.15, -0.1) is 0 Å². The number of pyridine rings is 1. The van der Waals surface area contributed by atoms with Gasteiger partial charge >= 0.3 is 6.03 Å². The first-order chi connectivity index (χ1) is 9.65. The van der Waals surface area contributed by atoms with E-state index in [0.29, 0.717) is 16.7 Å². The van der Waals surface area contributed by atoms with Gasteiger partial charge in [0.25, 0.3) is 0 Å². The standard InChI is InChI=1S/C13H15N3O4/c1-20-8-2-3-9-10(6-8)15-7-11(12(9)18)16-13(19)14-4-5-17/h2-3,6-7,17H,4-5H2,1H3,(H,15,18)(H2,14,16,19). The fourth-order valence-corrected chi connectivity index (χ4v) is 1.76. The highest BCUT2D eigenvalue weighted by Crippen LogP contribution is 2.17. The molecule has 0 spiro atoms. The van der Waals surface area contributed by atoms with Crippen LogP contribution < -0.4 is 20.8 Å². The predicted octanol–water partition coefficient (Wildman–Crippen LogP) is 0.650. The molecule has 0 radical (unpaired) electrons. The second-order valence-electron chi connectivity index (χ2n) is 4.05. The highest BCUT2D eigenvalue weighted by molar-refractivity contribution is 5.92. The number of H-pyrrole nitrogens is 1. The van der Waals surface area contributed by atoms with Crippen molar-refractivity contribution in [3.8, 4) is 5.75 Å². The van der Waals surface area contributed by atoms with Crippen molar-refractivity contribution in [3.63, 3.8) is 0 Å². The number of aromatic nitrogens is 1. The largest absolute Gasteiger partial charge is 0.497 e. The molecular weight excluding hydrogens is 262 g/mol. The van der Waals surface area contributed by atoms with Crippen LogP contribution in [0.1, 0.15) is 0 Å². The number of nitrogens with one attached hydrogen (secondary N) is 3. The number of aliphatic hydroxyl groups is 1. The highest BCUT2D eigenvalue weighted by Gasteiger charge is 2.08. The van der Waals surface area contributed by atoms with E-state index in [1.807, 2.05) is 0 Å². The SMILES string of the molecule is COc1ccc2c(=O)c(NC(=O)NCCO)c[nH]c2c1. The van der Waals surface area contributed by atoms with Crippen LogP contribution in [0.5, 0.6) is 5.75 Å². The molecule has 7 heteroatoms. The molecule has 0 fully saturated rings. The molecule has 0 bridgehead atoms. The third-order valence-electron chi connectivity index (χ3n) is 2.73. The van der Waals surface area contributed by atoms with Crippen LogP contribution in [0, 0.1) is 0 Å². The maximum Gasteiger partial charge on any atom is 0.319 e. The number of hydrogen-bond donors (Lipinski definition) is 4. The van der Waals surface area contributed by atoms with Crippen molar-refractivity contribution < 1.29 is 14.6 Å². The van der Waals surface area contributed by atoms with E-state index in [1.54, 1.807) is 25.3 Å². The Bertz CT molecular complexity index is 681. The normalized spacial score (nSPS) is 10.3. The Kier molecular flexibility index (Phi) is 4.21. The average molecular weight is 277 g/mol. The summed E-state index contributed by atoms with van der Waals surface area (Å²) in [7, 11) is 1.54. The smallest absolute Gasteiger partial charge is 0.319 e. The van der Waals surface area contributed by atoms with Gasteiger partial charge in [0.1, 0.15) is 11.4 Å². The Morgan fingerprint density at radius 3 is 2.95 bits per heavy atom. The number of fused-ring (bicyclic) bond motifs is 1. The first-order valence-electron chi connectivity index (χ1n) is 6.01. The summed E-state index contributed by atoms with van der Waals surface area (Å²) in [4.78, 5) is 26.6. The molecule has 2 rings (SSSR count). The van der Waals surface area contributed by atoms with Crippen LogP contribution in [0.4, 0.5) is 10.5 Å².